The summed E-state index contributed by atoms with van der Waals surface area (Å²) in [7, 11) is 1.67. The molecule has 3 N–H and O–H groups in total. The van der Waals surface area contributed by atoms with Crippen molar-refractivity contribution in [3.8, 4) is 11.3 Å². The minimum Gasteiger partial charge on any atom is -0.340 e. The van der Waals surface area contributed by atoms with E-state index in [9.17, 15) is 8.78 Å². The topological polar surface area (TPSA) is 92.5 Å². The highest BCUT2D eigenvalue weighted by molar-refractivity contribution is 6.31. The van der Waals surface area contributed by atoms with E-state index in [1.54, 1.807) is 43.6 Å². The lowest BCUT2D eigenvalue weighted by molar-refractivity contribution is 0.251. The third kappa shape index (κ3) is 6.36. The molecule has 45 heavy (non-hydrogen) atoms. The number of nitrogens with zero attached hydrogens (tertiary/aromatic N) is 5. The number of anilines is 3. The molecule has 0 aliphatic carbocycles. The first-order valence-electron chi connectivity index (χ1n) is 14.1. The molecular formula is C33H34ClF3N8. The highest BCUT2D eigenvalue weighted by Crippen LogP contribution is 2.35. The average molecular weight is 635 g/mol. The van der Waals surface area contributed by atoms with Gasteiger partial charge in [-0.05, 0) is 56.3 Å². The quantitative estimate of drug-likeness (QED) is 0.165. The van der Waals surface area contributed by atoms with Crippen molar-refractivity contribution in [1.82, 2.24) is 20.2 Å². The van der Waals surface area contributed by atoms with Gasteiger partial charge >= 0.3 is 0 Å². The second kappa shape index (κ2) is 12.9. The predicted molar refractivity (Wildman–Crippen MR) is 174 cm³/mol. The molecule has 3 aromatic carbocycles. The Morgan fingerprint density at radius 3 is 2.42 bits per heavy atom. The molecule has 8 nitrogen and oxygen atoms in total. The van der Waals surface area contributed by atoms with Gasteiger partial charge in [-0.1, -0.05) is 31.2 Å². The van der Waals surface area contributed by atoms with Crippen molar-refractivity contribution < 1.29 is 13.2 Å². The van der Waals surface area contributed by atoms with Crippen molar-refractivity contribution in [3.05, 3.63) is 100.0 Å². The Bertz CT molecular complexity index is 1770. The molecule has 2 unspecified atom stereocenters. The van der Waals surface area contributed by atoms with Crippen molar-refractivity contribution in [2.24, 2.45) is 4.99 Å². The average Bonchev–Trinajstić information content (AvgIpc) is 3.13. The fraction of sp³-hybridized carbons (Fsp3) is 0.273. The SMILES string of the molecule is C.CC1CN(C(=N)N(C)c2cc(Nc3ncc4c(n3)-c3ccc(Cl)cc3C(c3c(F)cccc3F)=NC4)ccc2F)CC(C)N1. The molecule has 234 valence electrons. The summed E-state index contributed by atoms with van der Waals surface area (Å²) in [4.78, 5) is 17.2. The normalized spacial score (nSPS) is 17.3. The number of hydrogen-bond donors (Lipinski definition) is 3. The molecule has 2 aliphatic rings. The van der Waals surface area contributed by atoms with Gasteiger partial charge in [-0.3, -0.25) is 10.4 Å². The van der Waals surface area contributed by atoms with Gasteiger partial charge in [0.25, 0.3) is 0 Å². The van der Waals surface area contributed by atoms with Gasteiger partial charge in [0.15, 0.2) is 5.96 Å². The summed E-state index contributed by atoms with van der Waals surface area (Å²) in [5.41, 5.74) is 2.82. The molecule has 1 aromatic heterocycles. The van der Waals surface area contributed by atoms with Gasteiger partial charge in [0, 0.05) is 65.8 Å². The summed E-state index contributed by atoms with van der Waals surface area (Å²) in [5, 5.41) is 15.7. The van der Waals surface area contributed by atoms with E-state index in [4.69, 9.17) is 22.0 Å². The monoisotopic (exact) mass is 634 g/mol. The van der Waals surface area contributed by atoms with Crippen molar-refractivity contribution >= 4 is 40.6 Å². The predicted octanol–water partition coefficient (Wildman–Crippen LogP) is 7.00. The van der Waals surface area contributed by atoms with E-state index >= 15 is 4.39 Å². The van der Waals surface area contributed by atoms with Crippen LogP contribution in [-0.2, 0) is 6.54 Å². The van der Waals surface area contributed by atoms with Gasteiger partial charge in [-0.2, -0.15) is 0 Å². The lowest BCUT2D eigenvalue weighted by Crippen LogP contribution is -2.58. The Hall–Kier alpha value is -4.48. The summed E-state index contributed by atoms with van der Waals surface area (Å²) >= 11 is 6.32. The van der Waals surface area contributed by atoms with Crippen LogP contribution >= 0.6 is 11.6 Å². The molecule has 0 spiro atoms. The van der Waals surface area contributed by atoms with E-state index in [0.717, 1.165) is 0 Å². The number of aromatic nitrogens is 2. The Kier molecular flexibility index (Phi) is 9.13. The number of halogens is 4. The van der Waals surface area contributed by atoms with Crippen LogP contribution in [0.3, 0.4) is 0 Å². The first kappa shape index (κ1) is 31.9. The number of hydrogen-bond acceptors (Lipinski definition) is 6. The molecule has 0 bridgehead atoms. The molecule has 3 heterocycles. The first-order chi connectivity index (χ1) is 21.1. The van der Waals surface area contributed by atoms with Gasteiger partial charge in [0.2, 0.25) is 5.95 Å². The molecular weight excluding hydrogens is 601 g/mol. The molecule has 0 saturated carbocycles. The maximum absolute atomic E-state index is 15.0. The van der Waals surface area contributed by atoms with Crippen molar-refractivity contribution in [1.29, 1.82) is 5.41 Å². The molecule has 12 heteroatoms. The third-order valence-electron chi connectivity index (χ3n) is 7.70. The highest BCUT2D eigenvalue weighted by atomic mass is 35.5. The first-order valence-corrected chi connectivity index (χ1v) is 14.5. The van der Waals surface area contributed by atoms with Crippen LogP contribution in [0.4, 0.5) is 30.5 Å². The van der Waals surface area contributed by atoms with Crippen LogP contribution in [-0.4, -0.2) is 58.8 Å². The smallest absolute Gasteiger partial charge is 0.227 e. The number of rotatable bonds is 4. The molecule has 2 aliphatic heterocycles. The van der Waals surface area contributed by atoms with Crippen LogP contribution in [0, 0.1) is 22.9 Å². The molecule has 4 aromatic rings. The Morgan fingerprint density at radius 1 is 1.00 bits per heavy atom. The number of piperazine rings is 1. The summed E-state index contributed by atoms with van der Waals surface area (Å²) in [6, 6.07) is 13.6. The summed E-state index contributed by atoms with van der Waals surface area (Å²) in [5.74, 6) is -1.52. The second-order valence-electron chi connectivity index (χ2n) is 11.1. The van der Waals surface area contributed by atoms with Crippen molar-refractivity contribution in [2.45, 2.75) is 39.9 Å². The number of guanidine groups is 1. The largest absolute Gasteiger partial charge is 0.340 e. The highest BCUT2D eigenvalue weighted by Gasteiger charge is 2.27. The molecule has 0 amide bonds. The van der Waals surface area contributed by atoms with Gasteiger partial charge in [-0.25, -0.2) is 23.1 Å². The van der Waals surface area contributed by atoms with E-state index < -0.39 is 17.5 Å². The Morgan fingerprint density at radius 2 is 1.71 bits per heavy atom. The fourth-order valence-corrected chi connectivity index (χ4v) is 5.90. The molecule has 6 rings (SSSR count). The number of aliphatic imine (C=N–C) groups is 1. The van der Waals surface area contributed by atoms with E-state index in [1.807, 2.05) is 4.90 Å². The maximum Gasteiger partial charge on any atom is 0.227 e. The Labute approximate surface area is 265 Å². The second-order valence-corrected chi connectivity index (χ2v) is 11.5. The minimum absolute atomic E-state index is 0. The van der Waals surface area contributed by atoms with Gasteiger partial charge in [-0.15, -0.1) is 0 Å². The zero-order valence-corrected chi connectivity index (χ0v) is 25.1. The summed E-state index contributed by atoms with van der Waals surface area (Å²) in [6.07, 6.45) is 1.60. The molecule has 1 saturated heterocycles. The van der Waals surface area contributed by atoms with E-state index in [0.29, 0.717) is 46.2 Å². The standard InChI is InChI=1S/C32H30ClF3N8.CH4/c1-17-15-44(16-18(2)40-17)31(37)43(3)27-12-21(8-10-24(27)34)41-32-39-14-19-13-38-30(28-25(35)5-4-6-26(28)36)23-11-20(33)7-9-22(23)29(19)42-32;/h4-12,14,17-18,37,40H,13,15-16H2,1-3H3,(H,39,41,42);1H4. The van der Waals surface area contributed by atoms with Gasteiger partial charge in [0.05, 0.1) is 29.2 Å². The lowest BCUT2D eigenvalue weighted by atomic mass is 9.95. The van der Waals surface area contributed by atoms with Crippen molar-refractivity contribution in [3.63, 3.8) is 0 Å². The van der Waals surface area contributed by atoms with Crippen LogP contribution in [0.1, 0.15) is 38.0 Å². The van der Waals surface area contributed by atoms with Crippen LogP contribution in [0.2, 0.25) is 5.02 Å². The van der Waals surface area contributed by atoms with Crippen LogP contribution in [0.25, 0.3) is 11.3 Å². The number of fused-ring (bicyclic) bond motifs is 3. The summed E-state index contributed by atoms with van der Waals surface area (Å²) < 4.78 is 44.8. The van der Waals surface area contributed by atoms with E-state index in [-0.39, 0.29) is 54.9 Å². The van der Waals surface area contributed by atoms with Gasteiger partial charge in [0.1, 0.15) is 17.5 Å². The maximum atomic E-state index is 15.0. The fourth-order valence-electron chi connectivity index (χ4n) is 5.72. The van der Waals surface area contributed by atoms with Crippen LogP contribution in [0.5, 0.6) is 0 Å². The van der Waals surface area contributed by atoms with Gasteiger partial charge < -0.3 is 20.4 Å². The molecule has 1 fully saturated rings. The number of nitrogens with one attached hydrogen (secondary N) is 3. The minimum atomic E-state index is -0.736. The van der Waals surface area contributed by atoms with Crippen LogP contribution in [0.15, 0.2) is 65.8 Å². The molecule has 2 atom stereocenters. The molecule has 0 radical (unpaired) electrons. The number of benzene rings is 3. The van der Waals surface area contributed by atoms with Crippen LogP contribution < -0.4 is 15.5 Å². The Balaban J connectivity index is 0.00000400. The summed E-state index contributed by atoms with van der Waals surface area (Å²) in [6.45, 7) is 5.47. The van der Waals surface area contributed by atoms with E-state index in [2.05, 4.69) is 34.5 Å². The van der Waals surface area contributed by atoms with E-state index in [1.165, 1.54) is 29.2 Å². The lowest BCUT2D eigenvalue weighted by Gasteiger charge is -2.40. The zero-order chi connectivity index (χ0) is 31.1. The third-order valence-corrected chi connectivity index (χ3v) is 7.94. The zero-order valence-electron chi connectivity index (χ0n) is 24.3. The van der Waals surface area contributed by atoms with Crippen molar-refractivity contribution in [2.75, 3.05) is 30.4 Å².